The third kappa shape index (κ3) is 4.64. The van der Waals surface area contributed by atoms with Crippen LogP contribution in [0.1, 0.15) is 17.2 Å². The van der Waals surface area contributed by atoms with Gasteiger partial charge in [0, 0.05) is 51.5 Å². The number of hydrogen-bond donors (Lipinski definition) is 1. The number of rotatable bonds is 6. The number of ketones is 1. The molecule has 3 aliphatic heterocycles. The Balaban J connectivity index is 1.53. The van der Waals surface area contributed by atoms with Gasteiger partial charge in [-0.05, 0) is 35.9 Å². The number of anilines is 1. The molecular formula is C27H31N3O6. The highest BCUT2D eigenvalue weighted by Gasteiger charge is 2.46. The van der Waals surface area contributed by atoms with Crippen LogP contribution in [0.5, 0.6) is 11.5 Å². The molecule has 1 atom stereocenters. The molecule has 1 N–H and O–H groups in total. The minimum absolute atomic E-state index is 0.0799. The summed E-state index contributed by atoms with van der Waals surface area (Å²) < 4.78 is 16.7. The predicted molar refractivity (Wildman–Crippen MR) is 134 cm³/mol. The van der Waals surface area contributed by atoms with Crippen molar-refractivity contribution in [1.82, 2.24) is 9.80 Å². The maximum atomic E-state index is 13.3. The van der Waals surface area contributed by atoms with Crippen LogP contribution >= 0.6 is 0 Å². The van der Waals surface area contributed by atoms with Crippen LogP contribution in [0.2, 0.25) is 0 Å². The average molecular weight is 494 g/mol. The van der Waals surface area contributed by atoms with Gasteiger partial charge in [0.2, 0.25) is 0 Å². The fraction of sp³-hybridized carbons (Fsp3) is 0.407. The number of carbonyl (C=O) groups excluding carboxylic acids is 2. The van der Waals surface area contributed by atoms with Crippen LogP contribution in [0.4, 0.5) is 5.69 Å². The lowest BCUT2D eigenvalue weighted by molar-refractivity contribution is -0.140. The van der Waals surface area contributed by atoms with Gasteiger partial charge in [0.05, 0.1) is 24.8 Å². The van der Waals surface area contributed by atoms with E-state index < -0.39 is 17.7 Å². The number of aliphatic hydroxyl groups excluding tert-OH is 1. The fourth-order valence-corrected chi connectivity index (χ4v) is 4.83. The first-order valence-electron chi connectivity index (χ1n) is 12.2. The van der Waals surface area contributed by atoms with Crippen molar-refractivity contribution < 1.29 is 28.9 Å². The largest absolute Gasteiger partial charge is 0.507 e. The van der Waals surface area contributed by atoms with Gasteiger partial charge in [-0.2, -0.15) is 0 Å². The van der Waals surface area contributed by atoms with Gasteiger partial charge in [0.25, 0.3) is 11.7 Å². The standard InChI is InChI=1S/C27H31N3O6/c1-28(2)20-6-3-18(4-7-20)24-23(25(31)19-5-8-21-22(17-19)36-16-15-35-21)26(32)27(33)30(24)10-9-29-11-13-34-14-12-29/h3-8,17,24,31H,9-16H2,1-2H3/b25-23-. The van der Waals surface area contributed by atoms with Crippen LogP contribution in [0.25, 0.3) is 5.76 Å². The lowest BCUT2D eigenvalue weighted by Crippen LogP contribution is -2.42. The molecule has 2 fully saturated rings. The summed E-state index contributed by atoms with van der Waals surface area (Å²) in [6, 6.07) is 12.0. The van der Waals surface area contributed by atoms with E-state index in [1.165, 1.54) is 0 Å². The molecule has 0 bridgehead atoms. The first kappa shape index (κ1) is 24.1. The van der Waals surface area contributed by atoms with Crippen molar-refractivity contribution in [3.63, 3.8) is 0 Å². The van der Waals surface area contributed by atoms with Crippen molar-refractivity contribution in [2.24, 2.45) is 0 Å². The predicted octanol–water partition coefficient (Wildman–Crippen LogP) is 2.28. The highest BCUT2D eigenvalue weighted by molar-refractivity contribution is 6.46. The Labute approximate surface area is 210 Å². The Hall–Kier alpha value is -3.56. The van der Waals surface area contributed by atoms with Crippen LogP contribution in [0.3, 0.4) is 0 Å². The van der Waals surface area contributed by atoms with Gasteiger partial charge in [-0.15, -0.1) is 0 Å². The lowest BCUT2D eigenvalue weighted by atomic mass is 9.95. The van der Waals surface area contributed by atoms with Gasteiger partial charge >= 0.3 is 0 Å². The van der Waals surface area contributed by atoms with E-state index in [-0.39, 0.29) is 11.3 Å². The maximum absolute atomic E-state index is 13.3. The highest BCUT2D eigenvalue weighted by atomic mass is 16.6. The molecule has 0 saturated carbocycles. The molecule has 2 aromatic carbocycles. The minimum atomic E-state index is -0.699. The molecule has 1 amide bonds. The number of nitrogens with zero attached hydrogens (tertiary/aromatic N) is 3. The minimum Gasteiger partial charge on any atom is -0.507 e. The highest BCUT2D eigenvalue weighted by Crippen LogP contribution is 2.41. The molecule has 0 aliphatic carbocycles. The first-order chi connectivity index (χ1) is 17.4. The Kier molecular flexibility index (Phi) is 6.84. The molecule has 5 rings (SSSR count). The second-order valence-corrected chi connectivity index (χ2v) is 9.29. The van der Waals surface area contributed by atoms with E-state index in [2.05, 4.69) is 4.90 Å². The molecule has 2 saturated heterocycles. The van der Waals surface area contributed by atoms with Crippen LogP contribution in [0, 0.1) is 0 Å². The quantitative estimate of drug-likeness (QED) is 0.372. The van der Waals surface area contributed by atoms with Gasteiger partial charge in [-0.25, -0.2) is 0 Å². The van der Waals surface area contributed by atoms with Gasteiger partial charge < -0.3 is 29.1 Å². The number of fused-ring (bicyclic) bond motifs is 1. The number of likely N-dealkylation sites (tertiary alicyclic amines) is 1. The van der Waals surface area contributed by atoms with Gasteiger partial charge in [-0.3, -0.25) is 14.5 Å². The number of amides is 1. The van der Waals surface area contributed by atoms with E-state index in [0.717, 1.165) is 24.3 Å². The zero-order chi connectivity index (χ0) is 25.2. The van der Waals surface area contributed by atoms with E-state index in [0.29, 0.717) is 56.6 Å². The van der Waals surface area contributed by atoms with Gasteiger partial charge in [-0.1, -0.05) is 12.1 Å². The van der Waals surface area contributed by atoms with Crippen LogP contribution in [0.15, 0.2) is 48.0 Å². The van der Waals surface area contributed by atoms with Crippen LogP contribution < -0.4 is 14.4 Å². The number of ether oxygens (including phenoxy) is 3. The molecule has 9 heteroatoms. The van der Waals surface area contributed by atoms with Crippen molar-refractivity contribution in [3.8, 4) is 11.5 Å². The Morgan fingerprint density at radius 2 is 1.64 bits per heavy atom. The Morgan fingerprint density at radius 3 is 2.33 bits per heavy atom. The second-order valence-electron chi connectivity index (χ2n) is 9.29. The van der Waals surface area contributed by atoms with Crippen molar-refractivity contribution in [2.75, 3.05) is 71.6 Å². The molecule has 9 nitrogen and oxygen atoms in total. The summed E-state index contributed by atoms with van der Waals surface area (Å²) in [6.07, 6.45) is 0. The summed E-state index contributed by atoms with van der Waals surface area (Å²) in [6.45, 7) is 4.70. The van der Waals surface area contributed by atoms with Crippen molar-refractivity contribution in [2.45, 2.75) is 6.04 Å². The van der Waals surface area contributed by atoms with Crippen LogP contribution in [-0.4, -0.2) is 93.3 Å². The normalized spacial score (nSPS) is 21.6. The monoisotopic (exact) mass is 493 g/mol. The summed E-state index contributed by atoms with van der Waals surface area (Å²) in [7, 11) is 3.90. The van der Waals surface area contributed by atoms with E-state index in [9.17, 15) is 14.7 Å². The molecule has 0 aromatic heterocycles. The summed E-state index contributed by atoms with van der Waals surface area (Å²) in [5.74, 6) is -0.436. The molecule has 2 aromatic rings. The smallest absolute Gasteiger partial charge is 0.295 e. The van der Waals surface area contributed by atoms with Crippen molar-refractivity contribution in [3.05, 3.63) is 59.2 Å². The van der Waals surface area contributed by atoms with E-state index in [1.54, 1.807) is 23.1 Å². The number of benzene rings is 2. The first-order valence-corrected chi connectivity index (χ1v) is 12.2. The summed E-state index contributed by atoms with van der Waals surface area (Å²) in [4.78, 5) is 32.3. The molecule has 3 aliphatic rings. The molecule has 190 valence electrons. The number of Topliss-reactive ketones (excluding diaryl/α,β-unsaturated/α-hetero) is 1. The van der Waals surface area contributed by atoms with E-state index in [1.807, 2.05) is 43.3 Å². The second kappa shape index (κ2) is 10.2. The van der Waals surface area contributed by atoms with E-state index in [4.69, 9.17) is 14.2 Å². The van der Waals surface area contributed by atoms with Gasteiger partial charge in [0.15, 0.2) is 11.5 Å². The molecule has 3 heterocycles. The molecular weight excluding hydrogens is 462 g/mol. The maximum Gasteiger partial charge on any atom is 0.295 e. The number of hydrogen-bond acceptors (Lipinski definition) is 8. The summed E-state index contributed by atoms with van der Waals surface area (Å²) >= 11 is 0. The van der Waals surface area contributed by atoms with Gasteiger partial charge in [0.1, 0.15) is 19.0 Å². The zero-order valence-electron chi connectivity index (χ0n) is 20.6. The topological polar surface area (TPSA) is 91.8 Å². The number of aliphatic hydroxyl groups is 1. The SMILES string of the molecule is CN(C)c1ccc(C2/C(=C(/O)c3ccc4c(c3)OCCO4)C(=O)C(=O)N2CCN2CCOCC2)cc1. The summed E-state index contributed by atoms with van der Waals surface area (Å²) in [5.41, 5.74) is 2.24. The lowest BCUT2D eigenvalue weighted by Gasteiger charge is -2.31. The summed E-state index contributed by atoms with van der Waals surface area (Å²) in [5, 5.41) is 11.4. The van der Waals surface area contributed by atoms with Crippen molar-refractivity contribution in [1.29, 1.82) is 0 Å². The van der Waals surface area contributed by atoms with Crippen molar-refractivity contribution >= 4 is 23.1 Å². The fourth-order valence-electron chi connectivity index (χ4n) is 4.83. The zero-order valence-corrected chi connectivity index (χ0v) is 20.6. The molecule has 36 heavy (non-hydrogen) atoms. The number of morpholine rings is 1. The molecule has 0 spiro atoms. The third-order valence-corrected chi connectivity index (χ3v) is 6.84. The molecule has 1 unspecified atom stereocenters. The molecule has 0 radical (unpaired) electrons. The van der Waals surface area contributed by atoms with Crippen LogP contribution in [-0.2, 0) is 14.3 Å². The number of carbonyl (C=O) groups is 2. The third-order valence-electron chi connectivity index (χ3n) is 6.84. The Bertz CT molecular complexity index is 1170. The average Bonchev–Trinajstić information content (AvgIpc) is 3.16. The Morgan fingerprint density at radius 1 is 0.944 bits per heavy atom. The van der Waals surface area contributed by atoms with E-state index >= 15 is 0 Å².